The second-order valence-electron chi connectivity index (χ2n) is 4.54. The van der Waals surface area contributed by atoms with Gasteiger partial charge in [-0.3, -0.25) is 13.7 Å². The lowest BCUT2D eigenvalue weighted by Crippen LogP contribution is -2.23. The molecule has 2 aromatic rings. The van der Waals surface area contributed by atoms with Crippen LogP contribution in [0.4, 0.5) is 13.2 Å². The van der Waals surface area contributed by atoms with Crippen LogP contribution in [0, 0.1) is 0 Å². The Morgan fingerprint density at radius 2 is 2.09 bits per heavy atom. The third-order valence-electron chi connectivity index (χ3n) is 3.02. The SMILES string of the molecule is CNC(=O)Cn1cc(-c2ccc(S(=O)[O-])c(C(F)(F)F)c2)cn1. The zero-order valence-corrected chi connectivity index (χ0v) is 12.6. The van der Waals surface area contributed by atoms with Crippen LogP contribution in [0.3, 0.4) is 0 Å². The molecule has 0 saturated carbocycles. The average Bonchev–Trinajstić information content (AvgIpc) is 2.94. The Labute approximate surface area is 131 Å². The molecule has 1 atom stereocenters. The van der Waals surface area contributed by atoms with E-state index in [1.165, 1.54) is 30.2 Å². The fourth-order valence-electron chi connectivity index (χ4n) is 1.90. The van der Waals surface area contributed by atoms with Crippen molar-refractivity contribution in [2.24, 2.45) is 0 Å². The first-order chi connectivity index (χ1) is 10.7. The van der Waals surface area contributed by atoms with E-state index < -0.39 is 27.7 Å². The van der Waals surface area contributed by atoms with Crippen molar-refractivity contribution in [3.05, 3.63) is 36.2 Å². The Kier molecular flexibility index (Phi) is 4.85. The van der Waals surface area contributed by atoms with Gasteiger partial charge in [0.05, 0.1) is 11.8 Å². The van der Waals surface area contributed by atoms with Crippen molar-refractivity contribution in [2.45, 2.75) is 17.6 Å². The summed E-state index contributed by atoms with van der Waals surface area (Å²) < 4.78 is 62.0. The second-order valence-corrected chi connectivity index (χ2v) is 5.45. The standard InChI is InChI=1S/C13H12F3N3O3S/c1-17-12(20)7-19-6-9(5-18-19)8-2-3-11(23(21)22)10(4-8)13(14,15)16/h2-6H,7H2,1H3,(H,17,20)(H,21,22)/p-1. The molecule has 2 rings (SSSR count). The number of carbonyl (C=O) groups excluding carboxylic acids is 1. The van der Waals surface area contributed by atoms with Crippen LogP contribution < -0.4 is 5.32 Å². The Balaban J connectivity index is 2.41. The number of likely N-dealkylation sites (N-methyl/N-ethyl adjacent to an activating group) is 1. The highest BCUT2D eigenvalue weighted by Gasteiger charge is 2.34. The number of nitrogens with one attached hydrogen (secondary N) is 1. The van der Waals surface area contributed by atoms with Crippen LogP contribution in [0.5, 0.6) is 0 Å². The first-order valence-electron chi connectivity index (χ1n) is 6.26. The van der Waals surface area contributed by atoms with Gasteiger partial charge in [-0.1, -0.05) is 6.07 Å². The zero-order valence-electron chi connectivity index (χ0n) is 11.8. The summed E-state index contributed by atoms with van der Waals surface area (Å²) in [5, 5.41) is 6.28. The van der Waals surface area contributed by atoms with Gasteiger partial charge in [0.2, 0.25) is 5.91 Å². The highest BCUT2D eigenvalue weighted by atomic mass is 32.2. The lowest BCUT2D eigenvalue weighted by Gasteiger charge is -2.15. The molecule has 23 heavy (non-hydrogen) atoms. The molecule has 0 fully saturated rings. The minimum Gasteiger partial charge on any atom is -0.768 e. The van der Waals surface area contributed by atoms with Crippen molar-refractivity contribution in [2.75, 3.05) is 7.05 Å². The van der Waals surface area contributed by atoms with Crippen molar-refractivity contribution in [3.63, 3.8) is 0 Å². The summed E-state index contributed by atoms with van der Waals surface area (Å²) in [4.78, 5) is 10.4. The summed E-state index contributed by atoms with van der Waals surface area (Å²) in [7, 11) is 1.45. The van der Waals surface area contributed by atoms with Crippen molar-refractivity contribution >= 4 is 17.0 Å². The highest BCUT2D eigenvalue weighted by Crippen LogP contribution is 2.36. The van der Waals surface area contributed by atoms with Gasteiger partial charge in [0.1, 0.15) is 6.54 Å². The average molecular weight is 346 g/mol. The van der Waals surface area contributed by atoms with Crippen LogP contribution >= 0.6 is 0 Å². The number of amides is 1. The molecule has 0 aliphatic rings. The number of alkyl halides is 3. The molecule has 0 radical (unpaired) electrons. The minimum absolute atomic E-state index is 0.0781. The van der Waals surface area contributed by atoms with Crippen LogP contribution in [0.15, 0.2) is 35.5 Å². The maximum atomic E-state index is 13.0. The largest absolute Gasteiger partial charge is 0.768 e. The molecule has 0 saturated heterocycles. The molecule has 10 heteroatoms. The predicted octanol–water partition coefficient (Wildman–Crippen LogP) is 1.55. The molecule has 0 aliphatic heterocycles. The molecule has 0 bridgehead atoms. The van der Waals surface area contributed by atoms with Crippen LogP contribution in [-0.4, -0.2) is 31.5 Å². The van der Waals surface area contributed by atoms with Crippen LogP contribution in [0.2, 0.25) is 0 Å². The number of benzene rings is 1. The van der Waals surface area contributed by atoms with E-state index in [9.17, 15) is 26.7 Å². The molecule has 1 aromatic carbocycles. The quantitative estimate of drug-likeness (QED) is 0.851. The van der Waals surface area contributed by atoms with Gasteiger partial charge in [-0.25, -0.2) is 0 Å². The molecule has 124 valence electrons. The lowest BCUT2D eigenvalue weighted by atomic mass is 10.1. The Bertz CT molecular complexity index is 758. The van der Waals surface area contributed by atoms with E-state index in [-0.39, 0.29) is 18.0 Å². The van der Waals surface area contributed by atoms with E-state index in [1.807, 2.05) is 0 Å². The van der Waals surface area contributed by atoms with Crippen molar-refractivity contribution in [3.8, 4) is 11.1 Å². The van der Waals surface area contributed by atoms with E-state index in [1.54, 1.807) is 0 Å². The van der Waals surface area contributed by atoms with Crippen LogP contribution in [-0.2, 0) is 28.6 Å². The summed E-state index contributed by atoms with van der Waals surface area (Å²) in [5.41, 5.74) is -0.764. The van der Waals surface area contributed by atoms with Gasteiger partial charge in [0.15, 0.2) is 0 Å². The van der Waals surface area contributed by atoms with Gasteiger partial charge in [-0.05, 0) is 28.8 Å². The number of halogens is 3. The van der Waals surface area contributed by atoms with Gasteiger partial charge in [-0.15, -0.1) is 0 Å². The molecule has 1 heterocycles. The van der Waals surface area contributed by atoms with Crippen molar-refractivity contribution < 1.29 is 26.7 Å². The predicted molar refractivity (Wildman–Crippen MR) is 73.9 cm³/mol. The van der Waals surface area contributed by atoms with Crippen LogP contribution in [0.25, 0.3) is 11.1 Å². The number of hydrogen-bond acceptors (Lipinski definition) is 4. The molecule has 1 amide bonds. The summed E-state index contributed by atoms with van der Waals surface area (Å²) >= 11 is -3.00. The van der Waals surface area contributed by atoms with Crippen molar-refractivity contribution in [1.29, 1.82) is 0 Å². The zero-order chi connectivity index (χ0) is 17.2. The summed E-state index contributed by atoms with van der Waals surface area (Å²) in [6.07, 6.45) is -2.10. The molecule has 0 aliphatic carbocycles. The maximum absolute atomic E-state index is 13.0. The molecule has 0 spiro atoms. The van der Waals surface area contributed by atoms with Gasteiger partial charge < -0.3 is 9.87 Å². The Hall–Kier alpha value is -2.20. The monoisotopic (exact) mass is 346 g/mol. The van der Waals surface area contributed by atoms with E-state index in [2.05, 4.69) is 10.4 Å². The lowest BCUT2D eigenvalue weighted by molar-refractivity contribution is -0.139. The van der Waals surface area contributed by atoms with E-state index in [0.29, 0.717) is 5.56 Å². The molecular formula is C13H11F3N3O3S-. The topological polar surface area (TPSA) is 87.0 Å². The molecule has 6 nitrogen and oxygen atoms in total. The maximum Gasteiger partial charge on any atom is 0.417 e. The summed E-state index contributed by atoms with van der Waals surface area (Å²) in [5.74, 6) is -0.312. The number of aromatic nitrogens is 2. The minimum atomic E-state index is -4.80. The Morgan fingerprint density at radius 1 is 1.39 bits per heavy atom. The van der Waals surface area contributed by atoms with E-state index >= 15 is 0 Å². The molecule has 1 N–H and O–H groups in total. The summed E-state index contributed by atoms with van der Waals surface area (Å²) in [6, 6.07) is 2.88. The van der Waals surface area contributed by atoms with E-state index in [4.69, 9.17) is 0 Å². The fourth-order valence-corrected chi connectivity index (χ4v) is 2.44. The molecular weight excluding hydrogens is 335 g/mol. The van der Waals surface area contributed by atoms with Gasteiger partial charge >= 0.3 is 6.18 Å². The normalized spacial score (nSPS) is 12.9. The highest BCUT2D eigenvalue weighted by molar-refractivity contribution is 7.79. The number of carbonyl (C=O) groups is 1. The molecule has 1 aromatic heterocycles. The molecule has 1 unspecified atom stereocenters. The number of rotatable bonds is 4. The van der Waals surface area contributed by atoms with Gasteiger partial charge in [-0.2, -0.15) is 18.3 Å². The number of hydrogen-bond donors (Lipinski definition) is 1. The third kappa shape index (κ3) is 3.96. The smallest absolute Gasteiger partial charge is 0.417 e. The Morgan fingerprint density at radius 3 is 2.65 bits per heavy atom. The van der Waals surface area contributed by atoms with Gasteiger partial charge in [0.25, 0.3) is 0 Å². The fraction of sp³-hybridized carbons (Fsp3) is 0.231. The summed E-state index contributed by atoms with van der Waals surface area (Å²) in [6.45, 7) is -0.0781. The van der Waals surface area contributed by atoms with E-state index in [0.717, 1.165) is 12.1 Å². The van der Waals surface area contributed by atoms with Gasteiger partial charge in [0, 0.05) is 23.7 Å². The number of nitrogens with zero attached hydrogens (tertiary/aromatic N) is 2. The first-order valence-corrected chi connectivity index (χ1v) is 7.34. The first kappa shape index (κ1) is 17.2. The van der Waals surface area contributed by atoms with Crippen LogP contribution in [0.1, 0.15) is 5.56 Å². The second kappa shape index (κ2) is 6.50. The van der Waals surface area contributed by atoms with Crippen molar-refractivity contribution in [1.82, 2.24) is 15.1 Å². The third-order valence-corrected chi connectivity index (χ3v) is 3.73.